The largest absolute Gasteiger partial charge is 0.496 e. The van der Waals surface area contributed by atoms with Crippen molar-refractivity contribution >= 4 is 28.7 Å². The van der Waals surface area contributed by atoms with Gasteiger partial charge in [0.15, 0.2) is 5.78 Å². The second kappa shape index (κ2) is 6.88. The molecule has 2 aromatic rings. The summed E-state index contributed by atoms with van der Waals surface area (Å²) in [6, 6.07) is 14.1. The van der Waals surface area contributed by atoms with Crippen LogP contribution in [-0.4, -0.2) is 29.3 Å². The summed E-state index contributed by atoms with van der Waals surface area (Å²) < 4.78 is 5.32. The van der Waals surface area contributed by atoms with Crippen molar-refractivity contribution in [2.24, 2.45) is 0 Å². The molecule has 2 aromatic carbocycles. The van der Waals surface area contributed by atoms with Crippen molar-refractivity contribution in [3.63, 3.8) is 0 Å². The van der Waals surface area contributed by atoms with E-state index in [9.17, 15) is 14.4 Å². The van der Waals surface area contributed by atoms with Crippen LogP contribution in [0.3, 0.4) is 0 Å². The average Bonchev–Trinajstić information content (AvgIpc) is 2.92. The maximum Gasteiger partial charge on any atom is 0.286 e. The molecular formula is C18H15NO4S. The number of hydrogen-bond donors (Lipinski definition) is 1. The van der Waals surface area contributed by atoms with Gasteiger partial charge in [-0.05, 0) is 30.2 Å². The third-order valence-electron chi connectivity index (χ3n) is 3.75. The van der Waals surface area contributed by atoms with Crippen LogP contribution in [0.25, 0.3) is 0 Å². The molecule has 2 amide bonds. The number of nitrogens with one attached hydrogen (secondary N) is 1. The highest BCUT2D eigenvalue weighted by Gasteiger charge is 2.32. The van der Waals surface area contributed by atoms with Gasteiger partial charge in [-0.1, -0.05) is 42.1 Å². The van der Waals surface area contributed by atoms with Gasteiger partial charge in [-0.15, -0.1) is 0 Å². The Kier molecular flexibility index (Phi) is 4.66. The van der Waals surface area contributed by atoms with Gasteiger partial charge in [-0.25, -0.2) is 0 Å². The maximum absolute atomic E-state index is 12.6. The Morgan fingerprint density at radius 2 is 1.88 bits per heavy atom. The summed E-state index contributed by atoms with van der Waals surface area (Å²) in [6.07, 6.45) is 0.321. The highest BCUT2D eigenvalue weighted by Crippen LogP contribution is 2.28. The van der Waals surface area contributed by atoms with Crippen molar-refractivity contribution in [2.75, 3.05) is 7.11 Å². The van der Waals surface area contributed by atoms with E-state index >= 15 is 0 Å². The van der Waals surface area contributed by atoms with Crippen molar-refractivity contribution in [2.45, 2.75) is 11.7 Å². The molecule has 122 valence electrons. The SMILES string of the molecule is COc1ccc(C(=O)c2ccccc2)cc1CC1SC(=O)NC1=O. The van der Waals surface area contributed by atoms with Crippen LogP contribution in [-0.2, 0) is 11.2 Å². The lowest BCUT2D eigenvalue weighted by molar-refractivity contribution is -0.118. The van der Waals surface area contributed by atoms with Gasteiger partial charge in [0.25, 0.3) is 5.24 Å². The zero-order valence-corrected chi connectivity index (χ0v) is 13.8. The molecule has 0 saturated carbocycles. The van der Waals surface area contributed by atoms with E-state index < -0.39 is 5.25 Å². The van der Waals surface area contributed by atoms with E-state index in [1.165, 1.54) is 7.11 Å². The van der Waals surface area contributed by atoms with Crippen LogP contribution < -0.4 is 10.1 Å². The Hall–Kier alpha value is -2.60. The summed E-state index contributed by atoms with van der Waals surface area (Å²) in [5, 5.41) is 1.41. The summed E-state index contributed by atoms with van der Waals surface area (Å²) >= 11 is 0.958. The van der Waals surface area contributed by atoms with Crippen LogP contribution in [0.2, 0.25) is 0 Å². The molecule has 1 aliphatic heterocycles. The Morgan fingerprint density at radius 1 is 1.12 bits per heavy atom. The van der Waals surface area contributed by atoms with E-state index in [-0.39, 0.29) is 16.9 Å². The van der Waals surface area contributed by atoms with Gasteiger partial charge < -0.3 is 4.74 Å². The van der Waals surface area contributed by atoms with Crippen molar-refractivity contribution in [3.8, 4) is 5.75 Å². The summed E-state index contributed by atoms with van der Waals surface area (Å²) in [7, 11) is 1.53. The number of hydrogen-bond acceptors (Lipinski definition) is 5. The summed E-state index contributed by atoms with van der Waals surface area (Å²) in [5.74, 6) is 0.179. The maximum atomic E-state index is 12.6. The van der Waals surface area contributed by atoms with Gasteiger partial charge >= 0.3 is 0 Å². The molecule has 1 heterocycles. The number of carbonyl (C=O) groups excluding carboxylic acids is 3. The molecule has 1 atom stereocenters. The minimum atomic E-state index is -0.506. The standard InChI is InChI=1S/C18H15NO4S/c1-23-14-8-7-12(16(20)11-5-3-2-4-6-11)9-13(14)10-15-17(21)19-18(22)24-15/h2-9,15H,10H2,1H3,(H,19,21,22). The van der Waals surface area contributed by atoms with Gasteiger partial charge in [-0.3, -0.25) is 19.7 Å². The third-order valence-corrected chi connectivity index (χ3v) is 4.73. The molecule has 24 heavy (non-hydrogen) atoms. The van der Waals surface area contributed by atoms with Crippen molar-refractivity contribution in [1.82, 2.24) is 5.32 Å². The number of thioether (sulfide) groups is 1. The zero-order chi connectivity index (χ0) is 17.1. The van der Waals surface area contributed by atoms with E-state index in [0.717, 1.165) is 17.3 Å². The van der Waals surface area contributed by atoms with Gasteiger partial charge in [0.05, 0.1) is 12.4 Å². The highest BCUT2D eigenvalue weighted by molar-refractivity contribution is 8.15. The molecule has 0 aliphatic carbocycles. The molecule has 1 unspecified atom stereocenters. The quantitative estimate of drug-likeness (QED) is 0.847. The van der Waals surface area contributed by atoms with Crippen LogP contribution in [0.5, 0.6) is 5.75 Å². The number of ketones is 1. The predicted octanol–water partition coefficient (Wildman–Crippen LogP) is 2.82. The number of ether oxygens (including phenoxy) is 1. The first-order valence-electron chi connectivity index (χ1n) is 7.36. The number of imide groups is 1. The molecule has 6 heteroatoms. The Labute approximate surface area is 143 Å². The monoisotopic (exact) mass is 341 g/mol. The Balaban J connectivity index is 1.90. The second-order valence-corrected chi connectivity index (χ2v) is 6.48. The molecule has 0 bridgehead atoms. The van der Waals surface area contributed by atoms with Crippen molar-refractivity contribution in [3.05, 3.63) is 65.2 Å². The van der Waals surface area contributed by atoms with Crippen LogP contribution in [0.15, 0.2) is 48.5 Å². The number of amides is 2. The smallest absolute Gasteiger partial charge is 0.286 e. The van der Waals surface area contributed by atoms with E-state index in [1.807, 2.05) is 18.2 Å². The molecule has 1 saturated heterocycles. The highest BCUT2D eigenvalue weighted by atomic mass is 32.2. The molecule has 1 aliphatic rings. The minimum Gasteiger partial charge on any atom is -0.496 e. The first kappa shape index (κ1) is 16.3. The van der Waals surface area contributed by atoms with Crippen molar-refractivity contribution < 1.29 is 19.1 Å². The molecular weight excluding hydrogens is 326 g/mol. The van der Waals surface area contributed by atoms with Crippen molar-refractivity contribution in [1.29, 1.82) is 0 Å². The fourth-order valence-electron chi connectivity index (χ4n) is 2.56. The molecule has 0 aromatic heterocycles. The lowest BCUT2D eigenvalue weighted by Crippen LogP contribution is -2.25. The van der Waals surface area contributed by atoms with Gasteiger partial charge in [0.1, 0.15) is 5.75 Å². The van der Waals surface area contributed by atoms with Gasteiger partial charge in [-0.2, -0.15) is 0 Å². The number of rotatable bonds is 5. The molecule has 0 radical (unpaired) electrons. The minimum absolute atomic E-state index is 0.0981. The predicted molar refractivity (Wildman–Crippen MR) is 91.5 cm³/mol. The van der Waals surface area contributed by atoms with Gasteiger partial charge in [0.2, 0.25) is 5.91 Å². The van der Waals surface area contributed by atoms with Gasteiger partial charge in [0, 0.05) is 11.1 Å². The summed E-state index contributed by atoms with van der Waals surface area (Å²) in [5.41, 5.74) is 1.84. The Morgan fingerprint density at radius 3 is 2.50 bits per heavy atom. The molecule has 0 spiro atoms. The van der Waals surface area contributed by atoms with Crippen LogP contribution >= 0.6 is 11.8 Å². The first-order chi connectivity index (χ1) is 11.6. The zero-order valence-electron chi connectivity index (χ0n) is 12.9. The average molecular weight is 341 g/mol. The molecule has 1 N–H and O–H groups in total. The lowest BCUT2D eigenvalue weighted by Gasteiger charge is -2.12. The topological polar surface area (TPSA) is 72.5 Å². The Bertz CT molecular complexity index is 804. The number of carbonyl (C=O) groups is 3. The number of benzene rings is 2. The fourth-order valence-corrected chi connectivity index (χ4v) is 3.41. The lowest BCUT2D eigenvalue weighted by atomic mass is 9.98. The van der Waals surface area contributed by atoms with Crippen LogP contribution in [0.4, 0.5) is 4.79 Å². The fraction of sp³-hybridized carbons (Fsp3) is 0.167. The molecule has 3 rings (SSSR count). The van der Waals surface area contributed by atoms with Crippen LogP contribution in [0.1, 0.15) is 21.5 Å². The van der Waals surface area contributed by atoms with E-state index in [2.05, 4.69) is 5.32 Å². The second-order valence-electron chi connectivity index (χ2n) is 5.31. The van der Waals surface area contributed by atoms with E-state index in [1.54, 1.807) is 30.3 Å². The first-order valence-corrected chi connectivity index (χ1v) is 8.24. The summed E-state index contributed by atoms with van der Waals surface area (Å²) in [6.45, 7) is 0. The normalized spacial score (nSPS) is 16.8. The third kappa shape index (κ3) is 3.33. The molecule has 1 fully saturated rings. The molecule has 5 nitrogen and oxygen atoms in total. The van der Waals surface area contributed by atoms with Crippen LogP contribution in [0, 0.1) is 0 Å². The summed E-state index contributed by atoms with van der Waals surface area (Å²) in [4.78, 5) is 35.7. The van der Waals surface area contributed by atoms with E-state index in [4.69, 9.17) is 4.74 Å². The number of methoxy groups -OCH3 is 1. The van der Waals surface area contributed by atoms with E-state index in [0.29, 0.717) is 23.3 Å².